The van der Waals surface area contributed by atoms with Crippen molar-refractivity contribution in [3.05, 3.63) is 65.5 Å². The van der Waals surface area contributed by atoms with Gasteiger partial charge in [0.05, 0.1) is 5.52 Å². The molecule has 0 saturated carbocycles. The molecule has 2 nitrogen and oxygen atoms in total. The van der Waals surface area contributed by atoms with E-state index >= 15 is 0 Å². The maximum Gasteiger partial charge on any atom is 0.0607 e. The van der Waals surface area contributed by atoms with Gasteiger partial charge in [0.2, 0.25) is 0 Å². The van der Waals surface area contributed by atoms with Gasteiger partial charge in [0.15, 0.2) is 0 Å². The molecule has 0 fully saturated rings. The zero-order chi connectivity index (χ0) is 16.3. The van der Waals surface area contributed by atoms with E-state index in [0.717, 1.165) is 25.9 Å². The van der Waals surface area contributed by atoms with Crippen LogP contribution in [-0.4, -0.2) is 29.4 Å². The van der Waals surface area contributed by atoms with Gasteiger partial charge in [0, 0.05) is 47.7 Å². The molecule has 1 aliphatic heterocycles. The summed E-state index contributed by atoms with van der Waals surface area (Å²) in [6.07, 6.45) is 4.67. The minimum absolute atomic E-state index is 1.14. The van der Waals surface area contributed by atoms with Crippen LogP contribution in [0.3, 0.4) is 0 Å². The third kappa shape index (κ3) is 1.93. The molecule has 0 N–H and O–H groups in total. The molecule has 0 amide bonds. The Labute approximate surface area is 142 Å². The lowest BCUT2D eigenvalue weighted by molar-refractivity contribution is 0.351. The number of aromatic nitrogens is 1. The summed E-state index contributed by atoms with van der Waals surface area (Å²) in [5.41, 5.74) is 8.55. The second-order valence-corrected chi connectivity index (χ2v) is 7.22. The Morgan fingerprint density at radius 1 is 0.917 bits per heavy atom. The van der Waals surface area contributed by atoms with E-state index in [1.54, 1.807) is 5.56 Å². The van der Waals surface area contributed by atoms with E-state index in [9.17, 15) is 0 Å². The number of likely N-dealkylation sites (N-methyl/N-ethyl adjacent to an activating group) is 1. The molecule has 1 aliphatic rings. The Morgan fingerprint density at radius 2 is 1.67 bits per heavy atom. The fourth-order valence-corrected chi connectivity index (χ4v) is 4.36. The van der Waals surface area contributed by atoms with Gasteiger partial charge >= 0.3 is 0 Å². The molecular weight excluding hydrogens is 292 g/mol. The highest BCUT2D eigenvalue weighted by Crippen LogP contribution is 2.39. The van der Waals surface area contributed by atoms with Gasteiger partial charge in [-0.05, 0) is 49.2 Å². The first kappa shape index (κ1) is 14.1. The van der Waals surface area contributed by atoms with E-state index in [0.29, 0.717) is 0 Å². The van der Waals surface area contributed by atoms with Crippen LogP contribution in [0.2, 0.25) is 0 Å². The van der Waals surface area contributed by atoms with Crippen LogP contribution < -0.4 is 0 Å². The third-order valence-electron chi connectivity index (χ3n) is 5.57. The van der Waals surface area contributed by atoms with E-state index in [4.69, 9.17) is 0 Å². The number of hydrogen-bond donors (Lipinski definition) is 0. The van der Waals surface area contributed by atoms with Gasteiger partial charge < -0.3 is 9.30 Å². The minimum atomic E-state index is 1.14. The number of nitrogens with zero attached hydrogens (tertiary/aromatic N) is 2. The molecule has 2 aromatic heterocycles. The maximum absolute atomic E-state index is 2.49. The molecule has 0 bridgehead atoms. The van der Waals surface area contributed by atoms with Gasteiger partial charge in [-0.2, -0.15) is 0 Å². The largest absolute Gasteiger partial charge is 0.319 e. The summed E-state index contributed by atoms with van der Waals surface area (Å²) in [4.78, 5) is 2.45. The molecule has 3 heterocycles. The Morgan fingerprint density at radius 3 is 2.50 bits per heavy atom. The number of rotatable bonds is 1. The fourth-order valence-electron chi connectivity index (χ4n) is 4.36. The quantitative estimate of drug-likeness (QED) is 0.501. The first-order valence-electron chi connectivity index (χ1n) is 8.85. The summed E-state index contributed by atoms with van der Waals surface area (Å²) in [6, 6.07) is 15.5. The summed E-state index contributed by atoms with van der Waals surface area (Å²) < 4.78 is 2.49. The van der Waals surface area contributed by atoms with Crippen LogP contribution in [0.5, 0.6) is 0 Å². The van der Waals surface area contributed by atoms with Crippen molar-refractivity contribution in [2.75, 3.05) is 20.1 Å². The fraction of sp³-hybridized carbons (Fsp3) is 0.273. The molecule has 0 unspecified atom stereocenters. The summed E-state index contributed by atoms with van der Waals surface area (Å²) in [5.74, 6) is 0. The molecular formula is C22H22N2. The lowest BCUT2D eigenvalue weighted by Crippen LogP contribution is -2.21. The van der Waals surface area contributed by atoms with Gasteiger partial charge in [-0.1, -0.05) is 30.3 Å². The van der Waals surface area contributed by atoms with Crippen molar-refractivity contribution < 1.29 is 0 Å². The molecule has 0 saturated heterocycles. The topological polar surface area (TPSA) is 7.65 Å². The van der Waals surface area contributed by atoms with Crippen LogP contribution >= 0.6 is 0 Å². The molecule has 5 rings (SSSR count). The molecule has 0 radical (unpaired) electrons. The van der Waals surface area contributed by atoms with Crippen LogP contribution in [0.4, 0.5) is 0 Å². The van der Waals surface area contributed by atoms with Crippen LogP contribution in [-0.2, 0) is 12.8 Å². The van der Waals surface area contributed by atoms with Crippen molar-refractivity contribution in [2.45, 2.75) is 19.8 Å². The molecule has 4 aromatic rings. The monoisotopic (exact) mass is 314 g/mol. The van der Waals surface area contributed by atoms with Crippen molar-refractivity contribution >= 4 is 16.3 Å². The number of hydrogen-bond acceptors (Lipinski definition) is 1. The Hall–Kier alpha value is -2.32. The highest BCUT2D eigenvalue weighted by atomic mass is 15.1. The van der Waals surface area contributed by atoms with E-state index in [2.05, 4.69) is 71.9 Å². The molecule has 0 aliphatic carbocycles. The normalized spacial score (nSPS) is 15.9. The highest BCUT2D eigenvalue weighted by Gasteiger charge is 2.23. The van der Waals surface area contributed by atoms with E-state index in [1.807, 2.05) is 0 Å². The molecule has 0 spiro atoms. The zero-order valence-corrected chi connectivity index (χ0v) is 14.3. The van der Waals surface area contributed by atoms with Gasteiger partial charge in [-0.15, -0.1) is 0 Å². The third-order valence-corrected chi connectivity index (χ3v) is 5.57. The molecule has 2 aromatic carbocycles. The maximum atomic E-state index is 2.49. The van der Waals surface area contributed by atoms with E-state index in [-0.39, 0.29) is 0 Å². The number of fused-ring (bicyclic) bond motifs is 3. The standard InChI is InChI=1S/C22H22N2/c1-15-12-18-17-8-10-23(2)11-9-21(17)24-14-20(19(13-15)22(18)24)16-6-4-3-5-7-16/h3-7,12-14H,8-11H2,1-2H3. The van der Waals surface area contributed by atoms with Crippen molar-refractivity contribution in [2.24, 2.45) is 0 Å². The Kier molecular flexibility index (Phi) is 2.98. The van der Waals surface area contributed by atoms with Crippen molar-refractivity contribution in [1.29, 1.82) is 0 Å². The predicted molar refractivity (Wildman–Crippen MR) is 101 cm³/mol. The smallest absolute Gasteiger partial charge is 0.0607 e. The second-order valence-electron chi connectivity index (χ2n) is 7.22. The molecule has 120 valence electrons. The predicted octanol–water partition coefficient (Wildman–Crippen LogP) is 4.54. The summed E-state index contributed by atoms with van der Waals surface area (Å²) >= 11 is 0. The zero-order valence-electron chi connectivity index (χ0n) is 14.3. The second kappa shape index (κ2) is 5.09. The van der Waals surface area contributed by atoms with Crippen LogP contribution in [0, 0.1) is 6.92 Å². The lowest BCUT2D eigenvalue weighted by atomic mass is 9.99. The van der Waals surface area contributed by atoms with Gasteiger partial charge in [0.25, 0.3) is 0 Å². The van der Waals surface area contributed by atoms with Crippen LogP contribution in [0.1, 0.15) is 16.8 Å². The first-order chi connectivity index (χ1) is 11.7. The van der Waals surface area contributed by atoms with Gasteiger partial charge in [-0.3, -0.25) is 0 Å². The van der Waals surface area contributed by atoms with Gasteiger partial charge in [0.1, 0.15) is 0 Å². The molecule has 2 heteroatoms. The Balaban J connectivity index is 1.86. The molecule has 0 atom stereocenters. The minimum Gasteiger partial charge on any atom is -0.319 e. The average molecular weight is 314 g/mol. The summed E-state index contributed by atoms with van der Waals surface area (Å²) in [5, 5.41) is 2.87. The van der Waals surface area contributed by atoms with E-state index < -0.39 is 0 Å². The highest BCUT2D eigenvalue weighted by molar-refractivity contribution is 6.07. The van der Waals surface area contributed by atoms with E-state index in [1.165, 1.54) is 38.7 Å². The summed E-state index contributed by atoms with van der Waals surface area (Å²) in [7, 11) is 2.24. The Bertz CT molecular complexity index is 1030. The van der Waals surface area contributed by atoms with Crippen molar-refractivity contribution in [3.63, 3.8) is 0 Å². The van der Waals surface area contributed by atoms with Crippen LogP contribution in [0.25, 0.3) is 27.4 Å². The number of aryl methyl sites for hydroxylation is 1. The summed E-state index contributed by atoms with van der Waals surface area (Å²) in [6.45, 7) is 4.53. The lowest BCUT2D eigenvalue weighted by Gasteiger charge is -2.11. The van der Waals surface area contributed by atoms with Crippen LogP contribution in [0.15, 0.2) is 48.7 Å². The van der Waals surface area contributed by atoms with Crippen molar-refractivity contribution in [3.8, 4) is 11.1 Å². The average Bonchev–Trinajstić information content (AvgIpc) is 3.02. The SMILES string of the molecule is Cc1cc2c(-c3ccccc3)cn3c4c(c(c1)c23)CCN(C)CC4. The first-order valence-corrected chi connectivity index (χ1v) is 8.85. The molecule has 24 heavy (non-hydrogen) atoms. The number of benzene rings is 2. The van der Waals surface area contributed by atoms with Gasteiger partial charge in [-0.25, -0.2) is 0 Å². The van der Waals surface area contributed by atoms with Crippen molar-refractivity contribution in [1.82, 2.24) is 9.30 Å².